The second kappa shape index (κ2) is 6.08. The maximum atomic E-state index is 12.3. The van der Waals surface area contributed by atoms with E-state index in [0.29, 0.717) is 9.90 Å². The highest BCUT2D eigenvalue weighted by molar-refractivity contribution is 7.98. The van der Waals surface area contributed by atoms with Gasteiger partial charge in [0, 0.05) is 29.9 Å². The Morgan fingerprint density at radius 3 is 2.65 bits per heavy atom. The molecule has 0 amide bonds. The minimum Gasteiger partial charge on any atom is -0.398 e. The van der Waals surface area contributed by atoms with Crippen LogP contribution < -0.4 is 5.73 Å². The Kier molecular flexibility index (Phi) is 5.30. The Morgan fingerprint density at radius 1 is 1.59 bits per heavy atom. The molecule has 1 unspecified atom stereocenters. The summed E-state index contributed by atoms with van der Waals surface area (Å²) >= 11 is 2.82. The molecule has 0 bridgehead atoms. The fourth-order valence-electron chi connectivity index (χ4n) is 1.48. The first kappa shape index (κ1) is 14.8. The smallest absolute Gasteiger partial charge is 0.252 e. The van der Waals surface area contributed by atoms with E-state index in [1.54, 1.807) is 24.2 Å². The lowest BCUT2D eigenvalue weighted by Gasteiger charge is -2.25. The summed E-state index contributed by atoms with van der Waals surface area (Å²) in [5, 5.41) is 1.65. The zero-order valence-electron chi connectivity index (χ0n) is 10.2. The van der Waals surface area contributed by atoms with Gasteiger partial charge in [0.15, 0.2) is 0 Å². The van der Waals surface area contributed by atoms with Gasteiger partial charge in [-0.2, -0.15) is 16.1 Å². The van der Waals surface area contributed by atoms with E-state index in [9.17, 15) is 8.42 Å². The van der Waals surface area contributed by atoms with Crippen molar-refractivity contribution in [3.8, 4) is 0 Å². The van der Waals surface area contributed by atoms with Crippen molar-refractivity contribution in [2.45, 2.75) is 23.6 Å². The number of sulfonamides is 1. The van der Waals surface area contributed by atoms with Gasteiger partial charge in [-0.1, -0.05) is 6.92 Å². The molecular weight excluding hydrogens is 276 g/mol. The fraction of sp³-hybridized carbons (Fsp3) is 0.600. The van der Waals surface area contributed by atoms with Crippen molar-refractivity contribution >= 4 is 38.8 Å². The maximum Gasteiger partial charge on any atom is 0.252 e. The van der Waals surface area contributed by atoms with Crippen LogP contribution in [0.25, 0.3) is 0 Å². The molecule has 1 aromatic heterocycles. The van der Waals surface area contributed by atoms with Gasteiger partial charge in [-0.15, -0.1) is 11.3 Å². The third-order valence-corrected chi connectivity index (χ3v) is 6.64. The minimum absolute atomic E-state index is 0.0262. The van der Waals surface area contributed by atoms with Crippen LogP contribution >= 0.6 is 23.1 Å². The zero-order valence-corrected chi connectivity index (χ0v) is 12.7. The summed E-state index contributed by atoms with van der Waals surface area (Å²) in [7, 11) is -1.76. The normalized spacial score (nSPS) is 14.1. The first-order chi connectivity index (χ1) is 7.93. The molecule has 98 valence electrons. The molecule has 4 nitrogen and oxygen atoms in total. The van der Waals surface area contributed by atoms with E-state index in [-0.39, 0.29) is 6.04 Å². The maximum absolute atomic E-state index is 12.3. The molecule has 1 aromatic rings. The number of rotatable bonds is 6. The predicted octanol–water partition coefficient (Wildman–Crippen LogP) is 2.09. The zero-order chi connectivity index (χ0) is 13.1. The lowest BCUT2D eigenvalue weighted by molar-refractivity contribution is 0.386. The van der Waals surface area contributed by atoms with E-state index in [2.05, 4.69) is 0 Å². The van der Waals surface area contributed by atoms with Crippen LogP contribution in [-0.2, 0) is 10.0 Å². The third-order valence-electron chi connectivity index (χ3n) is 2.57. The molecule has 0 spiro atoms. The average Bonchev–Trinajstić information content (AvgIpc) is 2.72. The molecule has 0 fully saturated rings. The number of hydrogen-bond donors (Lipinski definition) is 1. The van der Waals surface area contributed by atoms with E-state index in [1.807, 2.05) is 13.2 Å². The van der Waals surface area contributed by atoms with Crippen LogP contribution in [0.3, 0.4) is 0 Å². The highest BCUT2D eigenvalue weighted by Gasteiger charge is 2.27. The molecular formula is C10H18N2O2S3. The van der Waals surface area contributed by atoms with Crippen molar-refractivity contribution in [1.82, 2.24) is 4.31 Å². The van der Waals surface area contributed by atoms with E-state index in [0.717, 1.165) is 12.2 Å². The van der Waals surface area contributed by atoms with Gasteiger partial charge in [0.25, 0.3) is 10.0 Å². The van der Waals surface area contributed by atoms with Crippen LogP contribution in [0, 0.1) is 0 Å². The molecule has 0 aliphatic carbocycles. The fourth-order valence-corrected chi connectivity index (χ4v) is 5.11. The Balaban J connectivity index is 2.97. The highest BCUT2D eigenvalue weighted by atomic mass is 32.2. The van der Waals surface area contributed by atoms with Crippen LogP contribution in [0.15, 0.2) is 15.7 Å². The first-order valence-electron chi connectivity index (χ1n) is 5.24. The largest absolute Gasteiger partial charge is 0.398 e. The Hall–Kier alpha value is -0.240. The van der Waals surface area contributed by atoms with Crippen molar-refractivity contribution in [3.05, 3.63) is 11.4 Å². The molecule has 0 saturated heterocycles. The standard InChI is InChI=1S/C10H18N2O2S3/c1-4-9(7-15-3)12(2)17(13,14)10-5-8(11)6-16-10/h5-6,9H,4,7,11H2,1-3H3. The monoisotopic (exact) mass is 294 g/mol. The molecule has 1 heterocycles. The minimum atomic E-state index is -3.39. The lowest BCUT2D eigenvalue weighted by atomic mass is 10.3. The van der Waals surface area contributed by atoms with Gasteiger partial charge in [-0.05, 0) is 18.7 Å². The van der Waals surface area contributed by atoms with Gasteiger partial charge in [-0.3, -0.25) is 0 Å². The molecule has 0 aliphatic rings. The van der Waals surface area contributed by atoms with Crippen LogP contribution in [0.4, 0.5) is 5.69 Å². The number of nitrogens with zero attached hydrogens (tertiary/aromatic N) is 1. The summed E-state index contributed by atoms with van der Waals surface area (Å²) in [6.07, 6.45) is 2.78. The number of hydrogen-bond acceptors (Lipinski definition) is 5. The summed E-state index contributed by atoms with van der Waals surface area (Å²) in [4.78, 5) is 0. The predicted molar refractivity (Wildman–Crippen MR) is 76.1 cm³/mol. The van der Waals surface area contributed by atoms with Crippen LogP contribution in [0.5, 0.6) is 0 Å². The van der Waals surface area contributed by atoms with Gasteiger partial charge in [0.05, 0.1) is 0 Å². The molecule has 1 rings (SSSR count). The molecule has 7 heteroatoms. The molecule has 17 heavy (non-hydrogen) atoms. The second-order valence-corrected chi connectivity index (χ2v) is 7.78. The summed E-state index contributed by atoms with van der Waals surface area (Å²) in [6.45, 7) is 2.00. The highest BCUT2D eigenvalue weighted by Crippen LogP contribution is 2.26. The summed E-state index contributed by atoms with van der Waals surface area (Å²) in [6, 6.07) is 1.54. The van der Waals surface area contributed by atoms with E-state index in [4.69, 9.17) is 5.73 Å². The van der Waals surface area contributed by atoms with Crippen molar-refractivity contribution in [1.29, 1.82) is 0 Å². The molecule has 2 N–H and O–H groups in total. The van der Waals surface area contributed by atoms with Gasteiger partial charge >= 0.3 is 0 Å². The van der Waals surface area contributed by atoms with Crippen LogP contribution in [0.2, 0.25) is 0 Å². The van der Waals surface area contributed by atoms with E-state index in [1.165, 1.54) is 21.7 Å². The van der Waals surface area contributed by atoms with Crippen LogP contribution in [-0.4, -0.2) is 37.8 Å². The third kappa shape index (κ3) is 3.37. The van der Waals surface area contributed by atoms with E-state index >= 15 is 0 Å². The van der Waals surface area contributed by atoms with Crippen molar-refractivity contribution in [2.75, 3.05) is 24.8 Å². The number of thioether (sulfide) groups is 1. The van der Waals surface area contributed by atoms with Gasteiger partial charge in [0.2, 0.25) is 0 Å². The molecule has 0 aromatic carbocycles. The SMILES string of the molecule is CCC(CSC)N(C)S(=O)(=O)c1cc(N)cs1. The Bertz CT molecular complexity index is 456. The number of anilines is 1. The average molecular weight is 294 g/mol. The molecule has 0 aliphatic heterocycles. The molecule has 0 radical (unpaired) electrons. The van der Waals surface area contributed by atoms with Crippen molar-refractivity contribution in [3.63, 3.8) is 0 Å². The Morgan fingerprint density at radius 2 is 2.24 bits per heavy atom. The molecule has 1 atom stereocenters. The molecule has 0 saturated carbocycles. The number of thiophene rings is 1. The second-order valence-electron chi connectivity index (χ2n) is 3.74. The van der Waals surface area contributed by atoms with Gasteiger partial charge in [0.1, 0.15) is 4.21 Å². The summed E-state index contributed by atoms with van der Waals surface area (Å²) in [5.41, 5.74) is 6.07. The Labute approximate surface area is 111 Å². The topological polar surface area (TPSA) is 63.4 Å². The quantitative estimate of drug-likeness (QED) is 0.872. The van der Waals surface area contributed by atoms with Gasteiger partial charge < -0.3 is 5.73 Å². The number of nitrogen functional groups attached to an aromatic ring is 1. The van der Waals surface area contributed by atoms with Crippen molar-refractivity contribution < 1.29 is 8.42 Å². The summed E-state index contributed by atoms with van der Waals surface area (Å²) < 4.78 is 26.4. The van der Waals surface area contributed by atoms with E-state index < -0.39 is 10.0 Å². The lowest BCUT2D eigenvalue weighted by Crippen LogP contribution is -2.37. The first-order valence-corrected chi connectivity index (χ1v) is 8.95. The summed E-state index contributed by atoms with van der Waals surface area (Å²) in [5.74, 6) is 0.799. The number of nitrogens with two attached hydrogens (primary N) is 1. The van der Waals surface area contributed by atoms with Crippen LogP contribution in [0.1, 0.15) is 13.3 Å². The van der Waals surface area contributed by atoms with Crippen molar-refractivity contribution in [2.24, 2.45) is 0 Å². The van der Waals surface area contributed by atoms with Gasteiger partial charge in [-0.25, -0.2) is 8.42 Å².